The van der Waals surface area contributed by atoms with E-state index in [-0.39, 0.29) is 21.3 Å². The first kappa shape index (κ1) is 17.0. The summed E-state index contributed by atoms with van der Waals surface area (Å²) < 4.78 is 0.235. The van der Waals surface area contributed by atoms with Crippen molar-refractivity contribution in [3.63, 3.8) is 0 Å². The van der Waals surface area contributed by atoms with Gasteiger partial charge in [0.1, 0.15) is 5.75 Å². The fourth-order valence-electron chi connectivity index (χ4n) is 2.28. The zero-order chi connectivity index (χ0) is 18.1. The number of benzene rings is 2. The van der Waals surface area contributed by atoms with Gasteiger partial charge in [-0.2, -0.15) is 0 Å². The molecule has 1 saturated heterocycles. The molecule has 1 aliphatic rings. The van der Waals surface area contributed by atoms with Gasteiger partial charge in [-0.25, -0.2) is 4.79 Å². The zero-order valence-electron chi connectivity index (χ0n) is 12.5. The van der Waals surface area contributed by atoms with Crippen molar-refractivity contribution in [2.24, 2.45) is 0 Å². The lowest BCUT2D eigenvalue weighted by molar-refractivity contribution is -0.268. The summed E-state index contributed by atoms with van der Waals surface area (Å²) in [5.74, 6) is -2.37. The summed E-state index contributed by atoms with van der Waals surface area (Å²) in [6.45, 7) is 0. The number of aromatic hydroxyl groups is 1. The van der Waals surface area contributed by atoms with Crippen molar-refractivity contribution in [2.45, 2.75) is 0 Å². The highest BCUT2D eigenvalue weighted by Crippen LogP contribution is 2.37. The van der Waals surface area contributed by atoms with Gasteiger partial charge in [0.25, 0.3) is 5.91 Å². The number of thiocarbonyl (C=S) groups is 1. The third-order valence-electron chi connectivity index (χ3n) is 3.42. The molecule has 126 valence electrons. The smallest absolute Gasteiger partial charge is 0.335 e. The van der Waals surface area contributed by atoms with Crippen LogP contribution in [0.5, 0.6) is 11.5 Å². The first-order chi connectivity index (χ1) is 11.9. The van der Waals surface area contributed by atoms with Crippen molar-refractivity contribution in [3.05, 3.63) is 58.5 Å². The van der Waals surface area contributed by atoms with Crippen LogP contribution in [0.2, 0.25) is 0 Å². The summed E-state index contributed by atoms with van der Waals surface area (Å²) in [5.41, 5.74) is 0.479. The number of phenolic OH excluding ortho intramolecular Hbond substituents is 1. The number of carboxylic acid groups (broad SMARTS) is 1. The lowest BCUT2D eigenvalue weighted by atomic mass is 10.1. The molecule has 0 spiro atoms. The summed E-state index contributed by atoms with van der Waals surface area (Å²) in [5, 5.41) is 30.3. The van der Waals surface area contributed by atoms with E-state index in [0.29, 0.717) is 10.5 Å². The Balaban J connectivity index is 1.94. The number of rotatable bonds is 3. The fourth-order valence-corrected chi connectivity index (χ4v) is 3.58. The lowest BCUT2D eigenvalue weighted by Gasteiger charge is -2.18. The van der Waals surface area contributed by atoms with E-state index < -0.39 is 17.6 Å². The molecule has 2 aromatic rings. The van der Waals surface area contributed by atoms with Crippen molar-refractivity contribution in [1.29, 1.82) is 0 Å². The lowest BCUT2D eigenvalue weighted by Crippen LogP contribution is -2.27. The van der Waals surface area contributed by atoms with Crippen molar-refractivity contribution in [3.8, 4) is 11.5 Å². The number of aromatic carboxylic acids is 1. The molecule has 0 saturated carbocycles. The number of hydrogen-bond acceptors (Lipinski definition) is 6. The minimum Gasteiger partial charge on any atom is -0.872 e. The van der Waals surface area contributed by atoms with Crippen molar-refractivity contribution < 1.29 is 24.9 Å². The maximum atomic E-state index is 12.6. The van der Waals surface area contributed by atoms with Crippen LogP contribution >= 0.6 is 24.0 Å². The number of nitrogens with zero attached hydrogens (tertiary/aromatic N) is 1. The average Bonchev–Trinajstić information content (AvgIpc) is 2.81. The van der Waals surface area contributed by atoms with Crippen molar-refractivity contribution >= 4 is 51.9 Å². The van der Waals surface area contributed by atoms with E-state index in [1.807, 2.05) is 0 Å². The molecular formula is C17H10NO5S2-. The number of amides is 1. The number of phenols is 1. The molecule has 0 radical (unpaired) electrons. The summed E-state index contributed by atoms with van der Waals surface area (Å²) in [6.07, 6.45) is 1.59. The topological polar surface area (TPSA) is 101 Å². The largest absolute Gasteiger partial charge is 0.872 e. The second-order valence-electron chi connectivity index (χ2n) is 5.10. The minimum atomic E-state index is -1.33. The van der Waals surface area contributed by atoms with E-state index in [1.54, 1.807) is 18.2 Å². The predicted octanol–water partition coefficient (Wildman–Crippen LogP) is 2.57. The van der Waals surface area contributed by atoms with Crippen LogP contribution in [-0.2, 0) is 4.79 Å². The van der Waals surface area contributed by atoms with Crippen LogP contribution in [0.4, 0.5) is 5.69 Å². The van der Waals surface area contributed by atoms with E-state index in [9.17, 15) is 19.8 Å². The van der Waals surface area contributed by atoms with Crippen molar-refractivity contribution in [1.82, 2.24) is 0 Å². The second kappa shape index (κ2) is 6.58. The first-order valence-corrected chi connectivity index (χ1v) is 8.20. The van der Waals surface area contributed by atoms with Gasteiger partial charge < -0.3 is 15.3 Å². The molecule has 1 fully saturated rings. The molecule has 0 bridgehead atoms. The van der Waals surface area contributed by atoms with Crippen LogP contribution in [0.1, 0.15) is 15.9 Å². The Labute approximate surface area is 152 Å². The Morgan fingerprint density at radius 1 is 1.24 bits per heavy atom. The van der Waals surface area contributed by atoms with Gasteiger partial charge in [-0.05, 0) is 42.0 Å². The van der Waals surface area contributed by atoms with Crippen LogP contribution in [0.15, 0.2) is 47.4 Å². The van der Waals surface area contributed by atoms with E-state index in [0.717, 1.165) is 23.9 Å². The van der Waals surface area contributed by atoms with E-state index in [1.165, 1.54) is 23.1 Å². The maximum absolute atomic E-state index is 12.6. The monoisotopic (exact) mass is 372 g/mol. The Bertz CT molecular complexity index is 938. The average molecular weight is 372 g/mol. The number of thioether (sulfide) groups is 1. The molecule has 8 heteroatoms. The Morgan fingerprint density at radius 2 is 2.00 bits per heavy atom. The van der Waals surface area contributed by atoms with Crippen LogP contribution in [0, 0.1) is 0 Å². The van der Waals surface area contributed by atoms with Gasteiger partial charge in [0, 0.05) is 0 Å². The number of carboxylic acids is 1. The molecule has 0 unspecified atom stereocenters. The third-order valence-corrected chi connectivity index (χ3v) is 4.72. The van der Waals surface area contributed by atoms with E-state index in [2.05, 4.69) is 0 Å². The van der Waals surface area contributed by atoms with Gasteiger partial charge in [0.2, 0.25) is 0 Å². The van der Waals surface area contributed by atoms with Gasteiger partial charge in [-0.3, -0.25) is 9.69 Å². The maximum Gasteiger partial charge on any atom is 0.335 e. The van der Waals surface area contributed by atoms with Gasteiger partial charge in [0.05, 0.1) is 16.2 Å². The number of anilines is 1. The quantitative estimate of drug-likeness (QED) is 0.631. The molecule has 0 aromatic heterocycles. The Kier molecular flexibility index (Phi) is 4.47. The molecule has 1 heterocycles. The second-order valence-corrected chi connectivity index (χ2v) is 6.77. The third kappa shape index (κ3) is 3.35. The van der Waals surface area contributed by atoms with Gasteiger partial charge in [-0.1, -0.05) is 41.9 Å². The number of hydrogen-bond donors (Lipinski definition) is 2. The molecule has 0 aliphatic carbocycles. The zero-order valence-corrected chi connectivity index (χ0v) is 14.1. The molecule has 2 aromatic carbocycles. The van der Waals surface area contributed by atoms with Crippen LogP contribution in [0.3, 0.4) is 0 Å². The van der Waals surface area contributed by atoms with Crippen LogP contribution in [-0.4, -0.2) is 26.4 Å². The highest BCUT2D eigenvalue weighted by atomic mass is 32.2. The van der Waals surface area contributed by atoms with Crippen LogP contribution in [0.25, 0.3) is 6.08 Å². The van der Waals surface area contributed by atoms with E-state index >= 15 is 0 Å². The Hall–Kier alpha value is -2.84. The highest BCUT2D eigenvalue weighted by Gasteiger charge is 2.33. The molecule has 1 aliphatic heterocycles. The number of carbonyl (C=O) groups excluding carboxylic acids is 1. The standard InChI is InChI=1S/C17H11NO5S2/c19-11-3-1-2-9(6-11)7-14-15(21)18(17(24)25-14)10-4-5-12(16(22)23)13(20)8-10/h1-8,19-20H,(H,22,23)/p-1/b14-7-. The first-order valence-electron chi connectivity index (χ1n) is 6.98. The Morgan fingerprint density at radius 3 is 2.64 bits per heavy atom. The van der Waals surface area contributed by atoms with Crippen molar-refractivity contribution in [2.75, 3.05) is 4.90 Å². The minimum absolute atomic E-state index is 0.0736. The van der Waals surface area contributed by atoms with Gasteiger partial charge in [-0.15, -0.1) is 0 Å². The predicted molar refractivity (Wildman–Crippen MR) is 96.6 cm³/mol. The summed E-state index contributed by atoms with van der Waals surface area (Å²) in [4.78, 5) is 25.1. The van der Waals surface area contributed by atoms with Crippen LogP contribution < -0.4 is 10.0 Å². The highest BCUT2D eigenvalue weighted by molar-refractivity contribution is 8.27. The molecule has 2 N–H and O–H groups in total. The summed E-state index contributed by atoms with van der Waals surface area (Å²) >= 11 is 6.27. The molecule has 1 amide bonds. The van der Waals surface area contributed by atoms with E-state index in [4.69, 9.17) is 17.3 Å². The number of carbonyl (C=O) groups is 2. The molecule has 6 nitrogen and oxygen atoms in total. The fraction of sp³-hybridized carbons (Fsp3) is 0. The summed E-state index contributed by atoms with van der Waals surface area (Å²) in [7, 11) is 0. The molecule has 3 rings (SSSR count). The molecule has 25 heavy (non-hydrogen) atoms. The molecule has 0 atom stereocenters. The summed E-state index contributed by atoms with van der Waals surface area (Å²) in [6, 6.07) is 9.99. The SMILES string of the molecule is O=C(O)c1ccc(N2C(=O)/C(=C/c3cccc(O)c3)SC2=S)cc1[O-]. The normalized spacial score (nSPS) is 15.8. The molecular weight excluding hydrogens is 362 g/mol. The van der Waals surface area contributed by atoms with Gasteiger partial charge in [0.15, 0.2) is 4.32 Å². The van der Waals surface area contributed by atoms with Gasteiger partial charge >= 0.3 is 5.97 Å².